The standard InChI is InChI=1S/C9H8BrClO2/c1-4-3-6(10)5(2)8(11)7(4)9(12)13/h3H,1-2H3,(H,12,13). The van der Waals surface area contributed by atoms with Crippen LogP contribution in [0.2, 0.25) is 5.02 Å². The van der Waals surface area contributed by atoms with Gasteiger partial charge >= 0.3 is 5.97 Å². The topological polar surface area (TPSA) is 37.3 Å². The second-order valence-corrected chi connectivity index (χ2v) is 4.03. The first kappa shape index (κ1) is 10.5. The predicted molar refractivity (Wildman–Crippen MR) is 55.6 cm³/mol. The minimum atomic E-state index is -0.988. The zero-order valence-corrected chi connectivity index (χ0v) is 9.53. The maximum Gasteiger partial charge on any atom is 0.337 e. The van der Waals surface area contributed by atoms with Gasteiger partial charge in [0.2, 0.25) is 0 Å². The highest BCUT2D eigenvalue weighted by Crippen LogP contribution is 2.30. The van der Waals surface area contributed by atoms with Gasteiger partial charge in [0, 0.05) is 4.47 Å². The summed E-state index contributed by atoms with van der Waals surface area (Å²) < 4.78 is 0.833. The summed E-state index contributed by atoms with van der Waals surface area (Å²) in [6.45, 7) is 3.50. The minimum absolute atomic E-state index is 0.183. The molecule has 0 saturated heterocycles. The maximum absolute atomic E-state index is 10.8. The number of rotatable bonds is 1. The Kier molecular flexibility index (Phi) is 2.98. The Hall–Kier alpha value is -0.540. The van der Waals surface area contributed by atoms with E-state index < -0.39 is 5.97 Å². The molecule has 0 aliphatic heterocycles. The molecular weight excluding hydrogens is 255 g/mol. The first-order valence-corrected chi connectivity index (χ1v) is 4.80. The van der Waals surface area contributed by atoms with E-state index in [1.807, 2.05) is 0 Å². The maximum atomic E-state index is 10.8. The summed E-state index contributed by atoms with van der Waals surface area (Å²) in [5, 5.41) is 9.17. The molecule has 0 aliphatic rings. The molecule has 1 N–H and O–H groups in total. The Morgan fingerprint density at radius 3 is 2.54 bits per heavy atom. The average Bonchev–Trinajstić information content (AvgIpc) is 1.99. The van der Waals surface area contributed by atoms with Crippen molar-refractivity contribution < 1.29 is 9.90 Å². The van der Waals surface area contributed by atoms with Crippen molar-refractivity contribution >= 4 is 33.5 Å². The van der Waals surface area contributed by atoms with Crippen molar-refractivity contribution in [2.24, 2.45) is 0 Å². The number of hydrogen-bond acceptors (Lipinski definition) is 1. The smallest absolute Gasteiger partial charge is 0.337 e. The minimum Gasteiger partial charge on any atom is -0.478 e. The van der Waals surface area contributed by atoms with Crippen LogP contribution in [0.5, 0.6) is 0 Å². The van der Waals surface area contributed by atoms with Gasteiger partial charge < -0.3 is 5.11 Å². The van der Waals surface area contributed by atoms with E-state index in [-0.39, 0.29) is 5.56 Å². The van der Waals surface area contributed by atoms with Crippen LogP contribution in [0.4, 0.5) is 0 Å². The summed E-state index contributed by atoms with van der Waals surface area (Å²) in [5.74, 6) is -0.988. The van der Waals surface area contributed by atoms with Gasteiger partial charge in [-0.05, 0) is 31.0 Å². The molecule has 0 amide bonds. The van der Waals surface area contributed by atoms with E-state index in [1.165, 1.54) is 0 Å². The van der Waals surface area contributed by atoms with Crippen molar-refractivity contribution in [2.45, 2.75) is 13.8 Å². The van der Waals surface area contributed by atoms with Crippen LogP contribution in [0.25, 0.3) is 0 Å². The van der Waals surface area contributed by atoms with Gasteiger partial charge in [-0.25, -0.2) is 4.79 Å². The summed E-state index contributed by atoms with van der Waals surface area (Å²) in [4.78, 5) is 10.8. The molecule has 13 heavy (non-hydrogen) atoms. The molecule has 0 saturated carbocycles. The third kappa shape index (κ3) is 1.86. The highest BCUT2D eigenvalue weighted by molar-refractivity contribution is 9.10. The number of hydrogen-bond donors (Lipinski definition) is 1. The highest BCUT2D eigenvalue weighted by atomic mass is 79.9. The number of benzene rings is 1. The molecule has 0 aromatic heterocycles. The summed E-state index contributed by atoms with van der Waals surface area (Å²) in [7, 11) is 0. The van der Waals surface area contributed by atoms with Crippen molar-refractivity contribution in [1.29, 1.82) is 0 Å². The fourth-order valence-electron chi connectivity index (χ4n) is 1.10. The van der Waals surface area contributed by atoms with Gasteiger partial charge in [0.1, 0.15) is 0 Å². The van der Waals surface area contributed by atoms with Crippen LogP contribution in [-0.2, 0) is 0 Å². The second kappa shape index (κ2) is 3.68. The fourth-order valence-corrected chi connectivity index (χ4v) is 2.09. The lowest BCUT2D eigenvalue weighted by molar-refractivity contribution is 0.0696. The van der Waals surface area contributed by atoms with Crippen molar-refractivity contribution in [3.05, 3.63) is 32.3 Å². The Morgan fingerprint density at radius 2 is 2.08 bits per heavy atom. The lowest BCUT2D eigenvalue weighted by Gasteiger charge is -2.08. The van der Waals surface area contributed by atoms with E-state index >= 15 is 0 Å². The van der Waals surface area contributed by atoms with Gasteiger partial charge in [-0.2, -0.15) is 0 Å². The Labute approximate surface area is 89.7 Å². The van der Waals surface area contributed by atoms with Gasteiger partial charge in [0.25, 0.3) is 0 Å². The first-order valence-electron chi connectivity index (χ1n) is 3.63. The molecule has 0 bridgehead atoms. The molecule has 70 valence electrons. The monoisotopic (exact) mass is 262 g/mol. The number of carbonyl (C=O) groups is 1. The van der Waals surface area contributed by atoms with Crippen LogP contribution in [-0.4, -0.2) is 11.1 Å². The molecule has 0 fully saturated rings. The van der Waals surface area contributed by atoms with Crippen LogP contribution in [0.3, 0.4) is 0 Å². The van der Waals surface area contributed by atoms with E-state index in [9.17, 15) is 4.79 Å². The molecule has 0 spiro atoms. The fraction of sp³-hybridized carbons (Fsp3) is 0.222. The van der Waals surface area contributed by atoms with Crippen LogP contribution >= 0.6 is 27.5 Å². The van der Waals surface area contributed by atoms with Crippen molar-refractivity contribution in [3.8, 4) is 0 Å². The largest absolute Gasteiger partial charge is 0.478 e. The number of aromatic carboxylic acids is 1. The first-order chi connectivity index (χ1) is 5.95. The van der Waals surface area contributed by atoms with Gasteiger partial charge in [-0.1, -0.05) is 27.5 Å². The number of aryl methyl sites for hydroxylation is 1. The van der Waals surface area contributed by atoms with E-state index in [0.717, 1.165) is 10.0 Å². The van der Waals surface area contributed by atoms with E-state index in [1.54, 1.807) is 19.9 Å². The Balaban J connectivity index is 3.53. The van der Waals surface area contributed by atoms with Gasteiger partial charge in [0.15, 0.2) is 0 Å². The molecule has 0 aliphatic carbocycles. The molecule has 2 nitrogen and oxygen atoms in total. The van der Waals surface area contributed by atoms with E-state index in [2.05, 4.69) is 15.9 Å². The molecule has 1 aromatic rings. The molecule has 0 atom stereocenters. The summed E-state index contributed by atoms with van der Waals surface area (Å²) >= 11 is 9.19. The van der Waals surface area contributed by atoms with E-state index in [0.29, 0.717) is 10.6 Å². The van der Waals surface area contributed by atoms with Crippen molar-refractivity contribution in [1.82, 2.24) is 0 Å². The highest BCUT2D eigenvalue weighted by Gasteiger charge is 2.15. The zero-order chi connectivity index (χ0) is 10.2. The van der Waals surface area contributed by atoms with Crippen LogP contribution in [0.15, 0.2) is 10.5 Å². The van der Waals surface area contributed by atoms with Gasteiger partial charge in [-0.15, -0.1) is 0 Å². The summed E-state index contributed by atoms with van der Waals surface area (Å²) in [6, 6.07) is 1.75. The molecule has 0 radical (unpaired) electrons. The molecule has 1 rings (SSSR count). The average molecular weight is 264 g/mol. The zero-order valence-electron chi connectivity index (χ0n) is 7.19. The predicted octanol–water partition coefficient (Wildman–Crippen LogP) is 3.42. The van der Waals surface area contributed by atoms with Gasteiger partial charge in [0.05, 0.1) is 10.6 Å². The second-order valence-electron chi connectivity index (χ2n) is 2.79. The molecule has 4 heteroatoms. The third-order valence-corrected chi connectivity index (χ3v) is 3.15. The van der Waals surface area contributed by atoms with Crippen molar-refractivity contribution in [3.63, 3.8) is 0 Å². The third-order valence-electron chi connectivity index (χ3n) is 1.86. The molecule has 1 aromatic carbocycles. The quantitative estimate of drug-likeness (QED) is 0.843. The number of halogens is 2. The van der Waals surface area contributed by atoms with Crippen LogP contribution in [0, 0.1) is 13.8 Å². The SMILES string of the molecule is Cc1cc(Br)c(C)c(Cl)c1C(=O)O. The lowest BCUT2D eigenvalue weighted by atomic mass is 10.1. The number of carboxylic acids is 1. The molecular formula is C9H8BrClO2. The Bertz CT molecular complexity index is 374. The molecule has 0 unspecified atom stereocenters. The van der Waals surface area contributed by atoms with Gasteiger partial charge in [-0.3, -0.25) is 0 Å². The molecule has 0 heterocycles. The number of carboxylic acid groups (broad SMARTS) is 1. The summed E-state index contributed by atoms with van der Waals surface area (Å²) in [6.07, 6.45) is 0. The van der Waals surface area contributed by atoms with E-state index in [4.69, 9.17) is 16.7 Å². The summed E-state index contributed by atoms with van der Waals surface area (Å²) in [5.41, 5.74) is 1.60. The Morgan fingerprint density at radius 1 is 1.54 bits per heavy atom. The van der Waals surface area contributed by atoms with Crippen LogP contribution in [0.1, 0.15) is 21.5 Å². The van der Waals surface area contributed by atoms with Crippen LogP contribution < -0.4 is 0 Å². The van der Waals surface area contributed by atoms with Crippen molar-refractivity contribution in [2.75, 3.05) is 0 Å². The normalized spacial score (nSPS) is 10.2. The lowest BCUT2D eigenvalue weighted by Crippen LogP contribution is -2.02.